The number of nitrogens with zero attached hydrogens (tertiary/aromatic N) is 1. The summed E-state index contributed by atoms with van der Waals surface area (Å²) < 4.78 is 0. The van der Waals surface area contributed by atoms with E-state index in [9.17, 15) is 14.7 Å². The first-order valence-electron chi connectivity index (χ1n) is 12.3. The summed E-state index contributed by atoms with van der Waals surface area (Å²) in [6.45, 7) is 2.24. The Morgan fingerprint density at radius 1 is 1.06 bits per heavy atom. The first-order valence-corrected chi connectivity index (χ1v) is 13.9. The van der Waals surface area contributed by atoms with Crippen LogP contribution in [0.2, 0.25) is 0 Å². The second-order valence-electron chi connectivity index (χ2n) is 8.39. The minimum atomic E-state index is -0.984. The van der Waals surface area contributed by atoms with Crippen molar-refractivity contribution in [1.29, 1.82) is 0 Å². The Morgan fingerprint density at radius 2 is 1.62 bits per heavy atom. The molecule has 1 amide bonds. The molecule has 0 bridgehead atoms. The third kappa shape index (κ3) is 16.8. The van der Waals surface area contributed by atoms with Gasteiger partial charge in [-0.05, 0) is 30.4 Å². The molecule has 0 saturated heterocycles. The fraction of sp³-hybridized carbons (Fsp3) is 0.654. The topological polar surface area (TPSA) is 86.7 Å². The average Bonchev–Trinajstić information content (AvgIpc) is 2.83. The maximum absolute atomic E-state index is 12.5. The number of carbonyl (C=O) groups excluding carboxylic acids is 2. The molecular weight excluding hydrogens is 472 g/mol. The van der Waals surface area contributed by atoms with Gasteiger partial charge in [0.25, 0.3) is 5.91 Å². The second kappa shape index (κ2) is 21.8. The number of halogens is 1. The lowest BCUT2D eigenvalue weighted by molar-refractivity contribution is -0.138. The van der Waals surface area contributed by atoms with Crippen molar-refractivity contribution < 1.29 is 19.5 Å². The first kappa shape index (κ1) is 32.3. The van der Waals surface area contributed by atoms with Crippen molar-refractivity contribution in [3.05, 3.63) is 29.8 Å². The Morgan fingerprint density at radius 3 is 2.12 bits per heavy atom. The van der Waals surface area contributed by atoms with Crippen LogP contribution in [0, 0.1) is 0 Å². The lowest BCUT2D eigenvalue weighted by Crippen LogP contribution is -2.42. The third-order valence-corrected chi connectivity index (χ3v) is 6.49. The van der Waals surface area contributed by atoms with Crippen LogP contribution in [-0.4, -0.2) is 60.8 Å². The average molecular weight is 515 g/mol. The molecule has 0 radical (unpaired) electrons. The number of alkyl halides is 1. The molecule has 0 spiro atoms. The molecule has 34 heavy (non-hydrogen) atoms. The van der Waals surface area contributed by atoms with Crippen LogP contribution < -0.4 is 10.2 Å². The standard InChI is InChI=1S/C24H40N2O3S.C2H3ClO/c1-4-5-6-7-8-9-10-11-12-13-17-30-19-22(24(28)29)25-23(27)20-15-14-16-21(18-20)26(2)3;3-1-2-4/h14-16,18,22H,4-13,17,19H2,1-3H3,(H,25,27)(H,28,29);2H,1H2. The molecule has 0 fully saturated rings. The zero-order valence-corrected chi connectivity index (χ0v) is 22.6. The molecule has 0 aromatic heterocycles. The van der Waals surface area contributed by atoms with E-state index in [4.69, 9.17) is 16.4 Å². The molecule has 0 saturated carbocycles. The summed E-state index contributed by atoms with van der Waals surface area (Å²) in [7, 11) is 3.81. The van der Waals surface area contributed by atoms with Gasteiger partial charge in [0, 0.05) is 31.1 Å². The summed E-state index contributed by atoms with van der Waals surface area (Å²) in [5.74, 6) is 0.117. The number of unbranched alkanes of at least 4 members (excludes halogenated alkanes) is 9. The van der Waals surface area contributed by atoms with E-state index in [0.29, 0.717) is 17.6 Å². The number of carboxylic acids is 1. The Bertz CT molecular complexity index is 689. The van der Waals surface area contributed by atoms with E-state index in [1.807, 2.05) is 25.1 Å². The van der Waals surface area contributed by atoms with Gasteiger partial charge >= 0.3 is 5.97 Å². The molecule has 1 aromatic rings. The number of amides is 1. The maximum Gasteiger partial charge on any atom is 0.327 e. The number of carboxylic acid groups (broad SMARTS) is 1. The lowest BCUT2D eigenvalue weighted by atomic mass is 10.1. The normalized spacial score (nSPS) is 11.2. The predicted octanol–water partition coefficient (Wildman–Crippen LogP) is 6.01. The Labute approximate surface area is 215 Å². The van der Waals surface area contributed by atoms with Gasteiger partial charge in [-0.15, -0.1) is 11.6 Å². The molecule has 0 aliphatic rings. The molecule has 0 aliphatic heterocycles. The van der Waals surface area contributed by atoms with Gasteiger partial charge in [-0.25, -0.2) is 4.79 Å². The molecule has 194 valence electrons. The summed E-state index contributed by atoms with van der Waals surface area (Å²) in [6, 6.07) is 6.32. The largest absolute Gasteiger partial charge is 0.480 e. The van der Waals surface area contributed by atoms with Crippen LogP contribution in [0.1, 0.15) is 81.5 Å². The Hall–Kier alpha value is -1.73. The van der Waals surface area contributed by atoms with Gasteiger partial charge in [0.1, 0.15) is 12.3 Å². The molecule has 8 heteroatoms. The van der Waals surface area contributed by atoms with E-state index in [0.717, 1.165) is 17.9 Å². The first-order chi connectivity index (χ1) is 16.4. The Balaban J connectivity index is 0.00000251. The van der Waals surface area contributed by atoms with Gasteiger partial charge in [-0.3, -0.25) is 4.79 Å². The number of anilines is 1. The number of aliphatic carboxylic acids is 1. The highest BCUT2D eigenvalue weighted by Crippen LogP contribution is 2.15. The summed E-state index contributed by atoms with van der Waals surface area (Å²) >= 11 is 6.43. The number of carbonyl (C=O) groups is 3. The van der Waals surface area contributed by atoms with Gasteiger partial charge in [0.2, 0.25) is 0 Å². The van der Waals surface area contributed by atoms with Crippen molar-refractivity contribution in [3.63, 3.8) is 0 Å². The number of nitrogens with one attached hydrogen (secondary N) is 1. The summed E-state index contributed by atoms with van der Waals surface area (Å²) in [6.07, 6.45) is 13.6. The van der Waals surface area contributed by atoms with Gasteiger partial charge in [-0.1, -0.05) is 70.8 Å². The molecule has 6 nitrogen and oxygen atoms in total. The lowest BCUT2D eigenvalue weighted by Gasteiger charge is -2.16. The SMILES string of the molecule is CCCCCCCCCCCCSCC(NC(=O)c1cccc(N(C)C)c1)C(=O)O.O=CCCl. The summed E-state index contributed by atoms with van der Waals surface area (Å²) in [5, 5.41) is 12.1. The van der Waals surface area contributed by atoms with Crippen LogP contribution in [0.25, 0.3) is 0 Å². The molecule has 0 heterocycles. The highest BCUT2D eigenvalue weighted by atomic mass is 35.5. The van der Waals surface area contributed by atoms with Gasteiger partial charge in [-0.2, -0.15) is 11.8 Å². The van der Waals surface area contributed by atoms with Crippen LogP contribution >= 0.6 is 23.4 Å². The van der Waals surface area contributed by atoms with Crippen LogP contribution in [-0.2, 0) is 9.59 Å². The molecule has 2 N–H and O–H groups in total. The van der Waals surface area contributed by atoms with Gasteiger partial charge in [0.15, 0.2) is 0 Å². The second-order valence-corrected chi connectivity index (χ2v) is 9.85. The van der Waals surface area contributed by atoms with Gasteiger partial charge in [0.05, 0.1) is 5.88 Å². The number of rotatable bonds is 18. The van der Waals surface area contributed by atoms with Crippen molar-refractivity contribution in [2.75, 3.05) is 36.4 Å². The summed E-state index contributed by atoms with van der Waals surface area (Å²) in [5.41, 5.74) is 1.39. The number of hydrogen-bond acceptors (Lipinski definition) is 5. The fourth-order valence-corrected chi connectivity index (χ4v) is 4.27. The number of hydrogen-bond donors (Lipinski definition) is 2. The molecule has 1 atom stereocenters. The zero-order valence-electron chi connectivity index (χ0n) is 21.1. The number of thioether (sulfide) groups is 1. The highest BCUT2D eigenvalue weighted by molar-refractivity contribution is 7.99. The monoisotopic (exact) mass is 514 g/mol. The maximum atomic E-state index is 12.5. The van der Waals surface area contributed by atoms with E-state index in [2.05, 4.69) is 12.2 Å². The third-order valence-electron chi connectivity index (χ3n) is 5.22. The van der Waals surface area contributed by atoms with Crippen LogP contribution in [0.4, 0.5) is 5.69 Å². The zero-order chi connectivity index (χ0) is 25.6. The number of aldehydes is 1. The minimum Gasteiger partial charge on any atom is -0.480 e. The van der Waals surface area contributed by atoms with E-state index in [-0.39, 0.29) is 11.8 Å². The Kier molecular flexibility index (Phi) is 20.7. The number of benzene rings is 1. The van der Waals surface area contributed by atoms with Crippen molar-refractivity contribution in [3.8, 4) is 0 Å². The van der Waals surface area contributed by atoms with Crippen molar-refractivity contribution in [2.45, 2.75) is 77.2 Å². The van der Waals surface area contributed by atoms with E-state index in [1.54, 1.807) is 30.0 Å². The summed E-state index contributed by atoms with van der Waals surface area (Å²) in [4.78, 5) is 34.9. The van der Waals surface area contributed by atoms with Crippen LogP contribution in [0.3, 0.4) is 0 Å². The van der Waals surface area contributed by atoms with Crippen molar-refractivity contribution in [1.82, 2.24) is 5.32 Å². The molecule has 0 aliphatic carbocycles. The quantitative estimate of drug-likeness (QED) is 0.142. The fourth-order valence-electron chi connectivity index (χ4n) is 3.23. The van der Waals surface area contributed by atoms with Crippen LogP contribution in [0.5, 0.6) is 0 Å². The van der Waals surface area contributed by atoms with Crippen molar-refractivity contribution >= 4 is 47.2 Å². The highest BCUT2D eigenvalue weighted by Gasteiger charge is 2.20. The van der Waals surface area contributed by atoms with E-state index >= 15 is 0 Å². The molecule has 1 rings (SSSR count). The predicted molar refractivity (Wildman–Crippen MR) is 146 cm³/mol. The van der Waals surface area contributed by atoms with Crippen LogP contribution in [0.15, 0.2) is 24.3 Å². The minimum absolute atomic E-state index is 0.111. The van der Waals surface area contributed by atoms with E-state index < -0.39 is 12.0 Å². The van der Waals surface area contributed by atoms with Gasteiger partial charge < -0.3 is 20.1 Å². The molecule has 1 aromatic carbocycles. The van der Waals surface area contributed by atoms with Crippen molar-refractivity contribution in [2.24, 2.45) is 0 Å². The van der Waals surface area contributed by atoms with E-state index in [1.165, 1.54) is 57.8 Å². The smallest absolute Gasteiger partial charge is 0.327 e. The molecule has 1 unspecified atom stereocenters. The molecular formula is C26H43ClN2O4S.